The fourth-order valence-electron chi connectivity index (χ4n) is 5.06. The van der Waals surface area contributed by atoms with Gasteiger partial charge < -0.3 is 19.5 Å². The molecule has 0 unspecified atom stereocenters. The maximum Gasteiger partial charge on any atom is 0.321 e. The van der Waals surface area contributed by atoms with Gasteiger partial charge in [0.2, 0.25) is 10.0 Å². The zero-order chi connectivity index (χ0) is 25.3. The van der Waals surface area contributed by atoms with Gasteiger partial charge in [-0.25, -0.2) is 13.2 Å². The molecule has 2 bridgehead atoms. The summed E-state index contributed by atoms with van der Waals surface area (Å²) < 4.78 is 34.6. The maximum absolute atomic E-state index is 13.2. The van der Waals surface area contributed by atoms with Crippen LogP contribution in [0.4, 0.5) is 16.2 Å². The van der Waals surface area contributed by atoms with Gasteiger partial charge in [0.05, 0.1) is 12.9 Å². The van der Waals surface area contributed by atoms with Gasteiger partial charge >= 0.3 is 6.03 Å². The lowest BCUT2D eigenvalue weighted by Crippen LogP contribution is -2.50. The Morgan fingerprint density at radius 1 is 1.00 bits per heavy atom. The summed E-state index contributed by atoms with van der Waals surface area (Å²) in [7, 11) is -2.15. The minimum atomic E-state index is -3.74. The zero-order valence-electron chi connectivity index (χ0n) is 19.9. The number of carbonyl (C=O) groups excluding carboxylic acids is 1. The predicted molar refractivity (Wildman–Crippen MR) is 138 cm³/mol. The zero-order valence-corrected chi connectivity index (χ0v) is 20.7. The van der Waals surface area contributed by atoms with E-state index in [1.807, 2.05) is 6.07 Å². The molecule has 1 saturated heterocycles. The molecule has 2 N–H and O–H groups in total. The van der Waals surface area contributed by atoms with Crippen molar-refractivity contribution in [1.29, 1.82) is 0 Å². The van der Waals surface area contributed by atoms with Crippen LogP contribution in [0.3, 0.4) is 0 Å². The Bertz CT molecular complexity index is 1420. The molecule has 2 aliphatic heterocycles. The number of likely N-dealkylation sites (tertiary alicyclic amines) is 1. The highest BCUT2D eigenvalue weighted by molar-refractivity contribution is 7.91. The number of amides is 2. The molecule has 2 aromatic carbocycles. The number of carbonyl (C=O) groups is 1. The molecule has 188 valence electrons. The number of rotatable bonds is 6. The van der Waals surface area contributed by atoms with Crippen molar-refractivity contribution in [2.75, 3.05) is 30.2 Å². The van der Waals surface area contributed by atoms with E-state index < -0.39 is 10.0 Å². The van der Waals surface area contributed by atoms with E-state index in [2.05, 4.69) is 10.0 Å². The van der Waals surface area contributed by atoms with Crippen molar-refractivity contribution < 1.29 is 17.9 Å². The van der Waals surface area contributed by atoms with Crippen molar-refractivity contribution in [1.82, 2.24) is 9.47 Å². The molecule has 2 amide bonds. The number of fused-ring (bicyclic) bond motifs is 4. The van der Waals surface area contributed by atoms with Crippen molar-refractivity contribution in [3.63, 3.8) is 0 Å². The Morgan fingerprint density at radius 2 is 1.75 bits per heavy atom. The summed E-state index contributed by atoms with van der Waals surface area (Å²) in [4.78, 5) is 27.9. The van der Waals surface area contributed by atoms with Crippen LogP contribution < -0.4 is 20.3 Å². The largest absolute Gasteiger partial charge is 0.497 e. The van der Waals surface area contributed by atoms with Crippen LogP contribution in [-0.4, -0.2) is 44.1 Å². The number of pyridine rings is 1. The van der Waals surface area contributed by atoms with E-state index in [1.54, 1.807) is 71.2 Å². The first-order chi connectivity index (χ1) is 17.3. The first-order valence-electron chi connectivity index (χ1n) is 11.8. The number of sulfonamides is 1. The standard InChI is InChI=1S/C26H28N4O5S/c1-35-22-9-7-21(8-10-22)27-26(32)29-14-19-13-20(16-29)24-12-11-23(25(31)30(24)15-19)28-36(33,34)17-18-5-3-2-4-6-18/h2-12,19-20,28H,13-17H2,1H3,(H,27,32)/t19-,20-/m1/s1. The van der Waals surface area contributed by atoms with Gasteiger partial charge in [0, 0.05) is 36.9 Å². The summed E-state index contributed by atoms with van der Waals surface area (Å²) in [6, 6.07) is 19.1. The second-order valence-electron chi connectivity index (χ2n) is 9.30. The molecule has 3 heterocycles. The highest BCUT2D eigenvalue weighted by Crippen LogP contribution is 2.35. The Kier molecular flexibility index (Phi) is 6.44. The minimum absolute atomic E-state index is 0.00166. The Morgan fingerprint density at radius 3 is 2.47 bits per heavy atom. The summed E-state index contributed by atoms with van der Waals surface area (Å²) in [6.07, 6.45) is 0.880. The smallest absolute Gasteiger partial charge is 0.321 e. The van der Waals surface area contributed by atoms with Crippen LogP contribution >= 0.6 is 0 Å². The molecule has 0 spiro atoms. The molecule has 10 heteroatoms. The second kappa shape index (κ2) is 9.69. The molecular formula is C26H28N4O5S. The van der Waals surface area contributed by atoms with Crippen LogP contribution in [0.15, 0.2) is 71.5 Å². The highest BCUT2D eigenvalue weighted by Gasteiger charge is 2.37. The van der Waals surface area contributed by atoms with E-state index in [-0.39, 0.29) is 34.9 Å². The van der Waals surface area contributed by atoms with Crippen molar-refractivity contribution in [2.45, 2.75) is 24.6 Å². The third-order valence-corrected chi connectivity index (χ3v) is 7.94. The van der Waals surface area contributed by atoms with E-state index in [4.69, 9.17) is 4.74 Å². The van der Waals surface area contributed by atoms with E-state index in [1.165, 1.54) is 6.07 Å². The Labute approximate surface area is 209 Å². The number of nitrogens with one attached hydrogen (secondary N) is 2. The first kappa shape index (κ1) is 23.9. The average molecular weight is 509 g/mol. The number of urea groups is 1. The Balaban J connectivity index is 1.30. The summed E-state index contributed by atoms with van der Waals surface area (Å²) in [5.74, 6) is 0.608. The van der Waals surface area contributed by atoms with E-state index in [0.717, 1.165) is 12.1 Å². The SMILES string of the molecule is COc1ccc(NC(=O)N2C[C@H]3C[C@H](C2)c2ccc(NS(=O)(=O)Cc4ccccc4)c(=O)n2C3)cc1. The number of hydrogen-bond donors (Lipinski definition) is 2. The molecule has 0 saturated carbocycles. The molecule has 5 rings (SSSR count). The maximum atomic E-state index is 13.2. The number of benzene rings is 2. The number of piperidine rings is 1. The van der Waals surface area contributed by atoms with Crippen LogP contribution in [0.25, 0.3) is 0 Å². The van der Waals surface area contributed by atoms with E-state index in [9.17, 15) is 18.0 Å². The van der Waals surface area contributed by atoms with Crippen LogP contribution in [0.5, 0.6) is 5.75 Å². The summed E-state index contributed by atoms with van der Waals surface area (Å²) in [5, 5.41) is 2.93. The molecule has 1 fully saturated rings. The Hall–Kier alpha value is -3.79. The lowest BCUT2D eigenvalue weighted by Gasteiger charge is -2.42. The van der Waals surface area contributed by atoms with Crippen molar-refractivity contribution in [3.8, 4) is 5.75 Å². The summed E-state index contributed by atoms with van der Waals surface area (Å²) >= 11 is 0. The van der Waals surface area contributed by atoms with Crippen molar-refractivity contribution in [2.24, 2.45) is 5.92 Å². The van der Waals surface area contributed by atoms with E-state index >= 15 is 0 Å². The summed E-state index contributed by atoms with van der Waals surface area (Å²) in [6.45, 7) is 1.44. The number of nitrogens with zero attached hydrogens (tertiary/aromatic N) is 2. The van der Waals surface area contributed by atoms with Gasteiger partial charge in [-0.05, 0) is 54.3 Å². The van der Waals surface area contributed by atoms with E-state index in [0.29, 0.717) is 36.6 Å². The third-order valence-electron chi connectivity index (χ3n) is 6.70. The van der Waals surface area contributed by atoms with Crippen LogP contribution in [-0.2, 0) is 22.3 Å². The van der Waals surface area contributed by atoms with Crippen molar-refractivity contribution in [3.05, 3.63) is 88.3 Å². The predicted octanol–water partition coefficient (Wildman–Crippen LogP) is 3.45. The molecule has 0 radical (unpaired) electrons. The quantitative estimate of drug-likeness (QED) is 0.530. The van der Waals surface area contributed by atoms with Gasteiger partial charge in [0.25, 0.3) is 5.56 Å². The van der Waals surface area contributed by atoms with Crippen molar-refractivity contribution >= 4 is 27.4 Å². The molecule has 36 heavy (non-hydrogen) atoms. The number of aromatic nitrogens is 1. The van der Waals surface area contributed by atoms with Crippen LogP contribution in [0, 0.1) is 5.92 Å². The fourth-order valence-corrected chi connectivity index (χ4v) is 6.26. The molecule has 2 aliphatic rings. The van der Waals surface area contributed by atoms with Gasteiger partial charge in [0.15, 0.2) is 0 Å². The number of ether oxygens (including phenoxy) is 1. The van der Waals surface area contributed by atoms with Gasteiger partial charge in [-0.2, -0.15) is 0 Å². The molecule has 1 aromatic heterocycles. The summed E-state index contributed by atoms with van der Waals surface area (Å²) in [5.41, 5.74) is 1.84. The molecular weight excluding hydrogens is 480 g/mol. The molecule has 9 nitrogen and oxygen atoms in total. The van der Waals surface area contributed by atoms with Crippen LogP contribution in [0.1, 0.15) is 23.6 Å². The fraction of sp³-hybridized carbons (Fsp3) is 0.308. The minimum Gasteiger partial charge on any atom is -0.497 e. The number of hydrogen-bond acceptors (Lipinski definition) is 5. The number of anilines is 2. The van der Waals surface area contributed by atoms with Gasteiger partial charge in [-0.15, -0.1) is 0 Å². The molecule has 3 aromatic rings. The van der Waals surface area contributed by atoms with Crippen LogP contribution in [0.2, 0.25) is 0 Å². The topological polar surface area (TPSA) is 110 Å². The molecule has 0 aliphatic carbocycles. The molecule has 2 atom stereocenters. The van der Waals surface area contributed by atoms with Gasteiger partial charge in [0.1, 0.15) is 11.4 Å². The van der Waals surface area contributed by atoms with Gasteiger partial charge in [-0.3, -0.25) is 9.52 Å². The monoisotopic (exact) mass is 508 g/mol. The lowest BCUT2D eigenvalue weighted by atomic mass is 9.83. The number of methoxy groups -OCH3 is 1. The average Bonchev–Trinajstić information content (AvgIpc) is 2.86. The first-order valence-corrected chi connectivity index (χ1v) is 13.4. The van der Waals surface area contributed by atoms with Gasteiger partial charge in [-0.1, -0.05) is 30.3 Å². The lowest BCUT2D eigenvalue weighted by molar-refractivity contribution is 0.139. The second-order valence-corrected chi connectivity index (χ2v) is 11.0. The third kappa shape index (κ3) is 5.08. The normalized spacial score (nSPS) is 18.8. The highest BCUT2D eigenvalue weighted by atomic mass is 32.2.